The van der Waals surface area contributed by atoms with Gasteiger partial charge in [-0.2, -0.15) is 9.97 Å². The number of hydrogen-bond acceptors (Lipinski definition) is 25. The summed E-state index contributed by atoms with van der Waals surface area (Å²) in [7, 11) is -1.04. The molecule has 0 unspecified atom stereocenters. The van der Waals surface area contributed by atoms with Gasteiger partial charge in [0.15, 0.2) is 80.6 Å². The average Bonchev–Trinajstić information content (AvgIpc) is 3.40. The third kappa shape index (κ3) is 15.8. The molecule has 36 heteroatoms. The van der Waals surface area contributed by atoms with Crippen LogP contribution in [0.5, 0.6) is 46.0 Å². The van der Waals surface area contributed by atoms with Gasteiger partial charge in [0, 0.05) is 35.6 Å². The average molecular weight is 1220 g/mol. The van der Waals surface area contributed by atoms with Crippen LogP contribution in [0.1, 0.15) is 27.7 Å². The van der Waals surface area contributed by atoms with Gasteiger partial charge in [0.05, 0.1) is 55.1 Å². The van der Waals surface area contributed by atoms with E-state index in [1.807, 2.05) is 0 Å². The van der Waals surface area contributed by atoms with Crippen LogP contribution in [-0.2, 0) is 27.8 Å². The van der Waals surface area contributed by atoms with Gasteiger partial charge < -0.3 is 84.2 Å². The number of hydrogen-bond donors (Lipinski definition) is 8. The van der Waals surface area contributed by atoms with Gasteiger partial charge >= 0.3 is 67.0 Å². The number of carbonyl (C=O) groups is 2. The van der Waals surface area contributed by atoms with Crippen LogP contribution < -0.4 is 120 Å². The number of nitrogens with zero attached hydrogens (tertiary/aromatic N) is 8. The molecular formula is C46H53F2KN12O19P2. The first-order valence-electron chi connectivity index (χ1n) is 22.9. The maximum absolute atomic E-state index is 14.7. The monoisotopic (exact) mass is 1220 g/mol. The SMILES string of the molecule is COc1cc(Nc2ncc(F)c(Nc3ccc4c(n3)N(COP(=O)(O)O)C(=O)C(C)(C)O4)n2)cc(OC)c1OC.COc1cc(Nc2ncc(F)c(Nc3ccc4c(n3)N(COP(=O)(O)O)C(=O)C(C)(C)O4)n2)cc(OC)c1OC.[K+].[OH-]. The number of aromatic nitrogens is 6. The molecule has 436 valence electrons. The minimum atomic E-state index is -4.91. The van der Waals surface area contributed by atoms with Crippen molar-refractivity contribution < 1.29 is 151 Å². The quantitative estimate of drug-likeness (QED) is 0.0402. The molecule has 0 radical (unpaired) electrons. The number of carbonyl (C=O) groups excluding carboxylic acids is 2. The van der Waals surface area contributed by atoms with E-state index >= 15 is 0 Å². The van der Waals surface area contributed by atoms with Gasteiger partial charge in [-0.3, -0.25) is 28.4 Å². The van der Waals surface area contributed by atoms with E-state index in [0.29, 0.717) is 45.9 Å². The van der Waals surface area contributed by atoms with Crippen molar-refractivity contribution in [3.05, 3.63) is 72.6 Å². The number of anilines is 10. The molecule has 4 aromatic heterocycles. The first-order valence-corrected chi connectivity index (χ1v) is 25.9. The molecule has 2 aliphatic rings. The second-order valence-corrected chi connectivity index (χ2v) is 19.8. The van der Waals surface area contributed by atoms with Gasteiger partial charge in [0.2, 0.25) is 23.4 Å². The fourth-order valence-corrected chi connectivity index (χ4v) is 7.91. The van der Waals surface area contributed by atoms with Crippen molar-refractivity contribution in [2.75, 3.05) is 87.2 Å². The van der Waals surface area contributed by atoms with Crippen LogP contribution in [0.3, 0.4) is 0 Å². The summed E-state index contributed by atoms with van der Waals surface area (Å²) in [5.74, 6) is -1.10. The first-order chi connectivity index (χ1) is 37.7. The number of halogens is 2. The molecule has 6 aromatic rings. The summed E-state index contributed by atoms with van der Waals surface area (Å²) >= 11 is 0. The molecule has 6 heterocycles. The van der Waals surface area contributed by atoms with Crippen molar-refractivity contribution in [2.24, 2.45) is 0 Å². The van der Waals surface area contributed by atoms with Crippen LogP contribution in [0.4, 0.5) is 67.0 Å². The van der Waals surface area contributed by atoms with E-state index in [-0.39, 0.29) is 115 Å². The summed E-state index contributed by atoms with van der Waals surface area (Å²) in [6.45, 7) is 4.32. The number of nitrogens with one attached hydrogen (secondary N) is 4. The molecule has 0 bridgehead atoms. The topological polar surface area (TPSA) is 403 Å². The number of methoxy groups -OCH3 is 6. The zero-order valence-electron chi connectivity index (χ0n) is 45.4. The molecule has 2 aliphatic heterocycles. The van der Waals surface area contributed by atoms with Gasteiger partial charge in [-0.1, -0.05) is 0 Å². The summed E-state index contributed by atoms with van der Waals surface area (Å²) in [6.07, 6.45) is 1.87. The Hall–Kier alpha value is -6.88. The van der Waals surface area contributed by atoms with Gasteiger partial charge in [-0.15, -0.1) is 0 Å². The van der Waals surface area contributed by atoms with E-state index < -0.39 is 63.8 Å². The van der Waals surface area contributed by atoms with Gasteiger partial charge in [0.25, 0.3) is 11.8 Å². The van der Waals surface area contributed by atoms with Crippen LogP contribution in [0.2, 0.25) is 0 Å². The zero-order chi connectivity index (χ0) is 58.5. The number of phosphoric ester groups is 2. The summed E-state index contributed by atoms with van der Waals surface area (Å²) in [4.78, 5) is 88.8. The van der Waals surface area contributed by atoms with Crippen molar-refractivity contribution in [1.82, 2.24) is 29.9 Å². The van der Waals surface area contributed by atoms with Gasteiger partial charge in [0.1, 0.15) is 25.1 Å². The zero-order valence-corrected chi connectivity index (χ0v) is 50.3. The van der Waals surface area contributed by atoms with Gasteiger partial charge in [-0.25, -0.2) is 37.8 Å². The second kappa shape index (κ2) is 27.0. The molecule has 0 saturated heterocycles. The summed E-state index contributed by atoms with van der Waals surface area (Å²) in [5, 5.41) is 11.3. The smallest absolute Gasteiger partial charge is 0.870 e. The Bertz CT molecular complexity index is 3150. The van der Waals surface area contributed by atoms with E-state index in [2.05, 4.69) is 60.2 Å². The predicted octanol–water partition coefficient (Wildman–Crippen LogP) is 3.02. The Balaban J connectivity index is 0.000000293. The van der Waals surface area contributed by atoms with E-state index in [1.54, 1.807) is 24.3 Å². The molecule has 9 N–H and O–H groups in total. The predicted molar refractivity (Wildman–Crippen MR) is 280 cm³/mol. The van der Waals surface area contributed by atoms with Crippen molar-refractivity contribution in [1.29, 1.82) is 0 Å². The second-order valence-electron chi connectivity index (χ2n) is 17.3. The minimum Gasteiger partial charge on any atom is -0.870 e. The van der Waals surface area contributed by atoms with Crippen LogP contribution in [-0.4, -0.2) is 134 Å². The van der Waals surface area contributed by atoms with Crippen LogP contribution >= 0.6 is 15.6 Å². The van der Waals surface area contributed by atoms with Crippen LogP contribution in [0, 0.1) is 11.6 Å². The molecule has 2 amide bonds. The summed E-state index contributed by atoms with van der Waals surface area (Å²) in [5.41, 5.74) is -1.82. The molecule has 2 aromatic carbocycles. The number of benzene rings is 2. The van der Waals surface area contributed by atoms with Gasteiger partial charge in [-0.05, 0) is 52.0 Å². The third-order valence-corrected chi connectivity index (χ3v) is 11.9. The molecule has 31 nitrogen and oxygen atoms in total. The van der Waals surface area contributed by atoms with Crippen molar-refractivity contribution in [3.63, 3.8) is 0 Å². The number of ether oxygens (including phenoxy) is 8. The maximum Gasteiger partial charge on any atom is 1.00 e. The number of pyridine rings is 2. The van der Waals surface area contributed by atoms with E-state index in [4.69, 9.17) is 57.5 Å². The Kier molecular flexibility index (Phi) is 21.7. The van der Waals surface area contributed by atoms with Crippen molar-refractivity contribution in [3.8, 4) is 46.0 Å². The largest absolute Gasteiger partial charge is 1.00 e. The van der Waals surface area contributed by atoms with Crippen LogP contribution in [0.25, 0.3) is 0 Å². The van der Waals surface area contributed by atoms with Crippen LogP contribution in [0.15, 0.2) is 60.9 Å². The Morgan fingerprint density at radius 1 is 0.549 bits per heavy atom. The standard InChI is InChI=1S/2C23H26FN6O9P.K.H2O/c2*1-23(2)21(31)30(11-38-40(32,33)34)20-14(39-23)6-7-17(28-20)27-19-13(24)10-25-22(29-19)26-12-8-15(35-3)18(37-5)16(9-12)36-4;;/h2*6-10H,11H2,1-5H3,(H2,32,33,34)(H2,25,26,27,28,29);;1H2/q;;+1;/p-1. The molecule has 0 atom stereocenters. The molecular weight excluding hydrogens is 1160 g/mol. The summed E-state index contributed by atoms with van der Waals surface area (Å²) in [6, 6.07) is 12.2. The first kappa shape index (κ1) is 65.9. The number of amides is 2. The normalized spacial score (nSPS) is 13.9. The molecule has 0 fully saturated rings. The number of fused-ring (bicyclic) bond motifs is 2. The minimum absolute atomic E-state index is 0. The summed E-state index contributed by atoms with van der Waals surface area (Å²) < 4.78 is 104. The maximum atomic E-state index is 14.7. The Labute approximate surface area is 507 Å². The molecule has 8 rings (SSSR count). The fraction of sp³-hybridized carbons (Fsp3) is 0.304. The fourth-order valence-electron chi connectivity index (χ4n) is 7.38. The van der Waals surface area contributed by atoms with Crippen molar-refractivity contribution >= 4 is 85.6 Å². The number of rotatable bonds is 20. The Morgan fingerprint density at radius 3 is 1.17 bits per heavy atom. The van der Waals surface area contributed by atoms with Crippen molar-refractivity contribution in [2.45, 2.75) is 38.9 Å². The Morgan fingerprint density at radius 2 is 0.878 bits per heavy atom. The third-order valence-electron chi connectivity index (χ3n) is 11.0. The van der Waals surface area contributed by atoms with E-state index in [9.17, 15) is 27.5 Å². The van der Waals surface area contributed by atoms with E-state index in [1.165, 1.54) is 94.6 Å². The molecule has 82 heavy (non-hydrogen) atoms. The molecule has 0 aliphatic carbocycles. The van der Waals surface area contributed by atoms with E-state index in [0.717, 1.165) is 22.2 Å². The molecule has 0 saturated carbocycles. The number of phosphoric acid groups is 2. The molecule has 0 spiro atoms.